The minimum atomic E-state index is -3.67. The van der Waals surface area contributed by atoms with Gasteiger partial charge in [-0.3, -0.25) is 4.79 Å². The van der Waals surface area contributed by atoms with E-state index in [1.165, 1.54) is 11.1 Å². The van der Waals surface area contributed by atoms with Gasteiger partial charge in [0.2, 0.25) is 10.0 Å². The Labute approximate surface area is 244 Å². The maximum absolute atomic E-state index is 13.8. The fraction of sp³-hybridized carbons (Fsp3) is 0.424. The quantitative estimate of drug-likeness (QED) is 0.423. The Bertz CT molecular complexity index is 1510. The Morgan fingerprint density at radius 3 is 2.39 bits per heavy atom. The number of piperidine rings is 1. The fourth-order valence-electron chi connectivity index (χ4n) is 5.76. The summed E-state index contributed by atoms with van der Waals surface area (Å²) in [7, 11) is -3.67. The van der Waals surface area contributed by atoms with Gasteiger partial charge in [0, 0.05) is 39.3 Å². The molecule has 5 rings (SSSR count). The topological polar surface area (TPSA) is 79.0 Å². The van der Waals surface area contributed by atoms with Crippen molar-refractivity contribution >= 4 is 15.9 Å². The molecule has 0 spiro atoms. The van der Waals surface area contributed by atoms with Crippen molar-refractivity contribution in [3.63, 3.8) is 0 Å². The van der Waals surface area contributed by atoms with Crippen molar-refractivity contribution in [2.24, 2.45) is 0 Å². The van der Waals surface area contributed by atoms with Crippen LogP contribution in [0.25, 0.3) is 11.1 Å². The standard InChI is InChI=1S/C33H41N3O4S/c1-24-13-14-28(20-25(24)2)27-9-6-12-31(22-27)41(38,39)36-17-7-10-29(23-36)26-8-5-11-30(21-26)40-33(3,4)32(37)35-18-15-34-16-19-35/h5-6,8-9,11-14,20-22,29,34H,7,10,15-19,23H2,1-4H3. The maximum Gasteiger partial charge on any atom is 0.266 e. The van der Waals surface area contributed by atoms with Crippen LogP contribution >= 0.6 is 0 Å². The molecular formula is C33H41N3O4S. The first-order chi connectivity index (χ1) is 19.5. The van der Waals surface area contributed by atoms with Gasteiger partial charge in [0.15, 0.2) is 5.60 Å². The van der Waals surface area contributed by atoms with Gasteiger partial charge in [0.1, 0.15) is 5.75 Å². The highest BCUT2D eigenvalue weighted by atomic mass is 32.2. The molecule has 2 saturated heterocycles. The Hall–Kier alpha value is -3.20. The molecule has 2 aliphatic rings. The van der Waals surface area contributed by atoms with Crippen molar-refractivity contribution in [2.75, 3.05) is 39.3 Å². The average molecular weight is 576 g/mol. The van der Waals surface area contributed by atoms with Crippen molar-refractivity contribution < 1.29 is 17.9 Å². The summed E-state index contributed by atoms with van der Waals surface area (Å²) >= 11 is 0. The molecule has 3 aromatic rings. The molecule has 0 aromatic heterocycles. The summed E-state index contributed by atoms with van der Waals surface area (Å²) in [6.45, 7) is 11.6. The lowest BCUT2D eigenvalue weighted by Crippen LogP contribution is -2.54. The number of piperazine rings is 1. The molecule has 1 N–H and O–H groups in total. The zero-order chi connectivity index (χ0) is 29.2. The lowest BCUT2D eigenvalue weighted by atomic mass is 9.91. The normalized spacial score (nSPS) is 18.7. The van der Waals surface area contributed by atoms with Crippen LogP contribution in [-0.4, -0.2) is 68.4 Å². The number of hydrogen-bond acceptors (Lipinski definition) is 5. The predicted octanol–water partition coefficient (Wildman–Crippen LogP) is 5.13. The number of benzene rings is 3. The van der Waals surface area contributed by atoms with E-state index in [1.54, 1.807) is 16.4 Å². The average Bonchev–Trinajstić information content (AvgIpc) is 2.98. The minimum Gasteiger partial charge on any atom is -0.478 e. The highest BCUT2D eigenvalue weighted by molar-refractivity contribution is 7.89. The highest BCUT2D eigenvalue weighted by Crippen LogP contribution is 2.34. The van der Waals surface area contributed by atoms with Crippen LogP contribution in [0.3, 0.4) is 0 Å². The molecule has 0 saturated carbocycles. The second-order valence-electron chi connectivity index (χ2n) is 11.8. The van der Waals surface area contributed by atoms with Gasteiger partial charge < -0.3 is 15.0 Å². The molecule has 0 aliphatic carbocycles. The molecule has 7 nitrogen and oxygen atoms in total. The van der Waals surface area contributed by atoms with E-state index in [-0.39, 0.29) is 11.8 Å². The number of rotatable bonds is 7. The molecule has 0 bridgehead atoms. The summed E-state index contributed by atoms with van der Waals surface area (Å²) < 4.78 is 35.5. The van der Waals surface area contributed by atoms with Crippen LogP contribution in [-0.2, 0) is 14.8 Å². The lowest BCUT2D eigenvalue weighted by Gasteiger charge is -2.35. The van der Waals surface area contributed by atoms with E-state index >= 15 is 0 Å². The largest absolute Gasteiger partial charge is 0.478 e. The second-order valence-corrected chi connectivity index (χ2v) is 13.7. The Morgan fingerprint density at radius 2 is 1.63 bits per heavy atom. The van der Waals surface area contributed by atoms with Crippen LogP contribution in [0.2, 0.25) is 0 Å². The fourth-order valence-corrected chi connectivity index (χ4v) is 7.33. The third-order valence-electron chi connectivity index (χ3n) is 8.32. The summed E-state index contributed by atoms with van der Waals surface area (Å²) in [5.41, 5.74) is 4.32. The number of ether oxygens (including phenoxy) is 1. The number of nitrogens with one attached hydrogen (secondary N) is 1. The molecule has 3 aromatic carbocycles. The van der Waals surface area contributed by atoms with Crippen molar-refractivity contribution in [3.05, 3.63) is 83.4 Å². The maximum atomic E-state index is 13.8. The third kappa shape index (κ3) is 6.50. The molecule has 2 aliphatic heterocycles. The third-order valence-corrected chi connectivity index (χ3v) is 10.2. The van der Waals surface area contributed by atoms with Crippen LogP contribution in [0.1, 0.15) is 49.3 Å². The lowest BCUT2D eigenvalue weighted by molar-refractivity contribution is -0.146. The van der Waals surface area contributed by atoms with Crippen LogP contribution in [0.5, 0.6) is 5.75 Å². The summed E-state index contributed by atoms with van der Waals surface area (Å²) in [6, 6.07) is 21.3. The first-order valence-electron chi connectivity index (χ1n) is 14.5. The van der Waals surface area contributed by atoms with Crippen molar-refractivity contribution in [1.82, 2.24) is 14.5 Å². The van der Waals surface area contributed by atoms with Gasteiger partial charge >= 0.3 is 0 Å². The van der Waals surface area contributed by atoms with Crippen molar-refractivity contribution in [3.8, 4) is 16.9 Å². The summed E-state index contributed by atoms with van der Waals surface area (Å²) in [5, 5.41) is 3.27. The SMILES string of the molecule is Cc1ccc(-c2cccc(S(=O)(=O)N3CCCC(c4cccc(OC(C)(C)C(=O)N5CCNCC5)c4)C3)c2)cc1C. The van der Waals surface area contributed by atoms with Crippen LogP contribution in [0.15, 0.2) is 71.6 Å². The van der Waals surface area contributed by atoms with E-state index < -0.39 is 15.6 Å². The van der Waals surface area contributed by atoms with Crippen molar-refractivity contribution in [2.45, 2.75) is 57.0 Å². The van der Waals surface area contributed by atoms with E-state index in [4.69, 9.17) is 4.74 Å². The van der Waals surface area contributed by atoms with Crippen LogP contribution < -0.4 is 10.1 Å². The second kappa shape index (κ2) is 12.0. The number of carbonyl (C=O) groups excluding carboxylic acids is 1. The van der Waals surface area contributed by atoms with Crippen molar-refractivity contribution in [1.29, 1.82) is 0 Å². The van der Waals surface area contributed by atoms with Gasteiger partial charge in [-0.1, -0.05) is 42.5 Å². The molecule has 2 heterocycles. The van der Waals surface area contributed by atoms with Gasteiger partial charge in [-0.25, -0.2) is 8.42 Å². The van der Waals surface area contributed by atoms with Gasteiger partial charge in [-0.05, 0) is 98.5 Å². The zero-order valence-corrected chi connectivity index (χ0v) is 25.3. The first-order valence-corrected chi connectivity index (χ1v) is 16.0. The molecule has 2 fully saturated rings. The van der Waals surface area contributed by atoms with Gasteiger partial charge in [-0.15, -0.1) is 0 Å². The molecule has 1 unspecified atom stereocenters. The molecular weight excluding hydrogens is 534 g/mol. The van der Waals surface area contributed by atoms with E-state index in [0.717, 1.165) is 42.6 Å². The molecule has 1 amide bonds. The Balaban J connectivity index is 1.32. The van der Waals surface area contributed by atoms with Crippen LogP contribution in [0.4, 0.5) is 0 Å². The molecule has 0 radical (unpaired) electrons. The number of amides is 1. The predicted molar refractivity (Wildman–Crippen MR) is 163 cm³/mol. The zero-order valence-electron chi connectivity index (χ0n) is 24.5. The van der Waals surface area contributed by atoms with Gasteiger partial charge in [-0.2, -0.15) is 4.31 Å². The molecule has 1 atom stereocenters. The summed E-state index contributed by atoms with van der Waals surface area (Å²) in [4.78, 5) is 15.3. The highest BCUT2D eigenvalue weighted by Gasteiger charge is 2.35. The Morgan fingerprint density at radius 1 is 0.902 bits per heavy atom. The number of carbonyl (C=O) groups is 1. The number of hydrogen-bond donors (Lipinski definition) is 1. The minimum absolute atomic E-state index is 0.0256. The van der Waals surface area contributed by atoms with E-state index in [2.05, 4.69) is 31.3 Å². The molecule has 218 valence electrons. The number of sulfonamides is 1. The summed E-state index contributed by atoms with van der Waals surface area (Å²) in [6.07, 6.45) is 1.67. The monoisotopic (exact) mass is 575 g/mol. The number of aryl methyl sites for hydroxylation is 2. The van der Waals surface area contributed by atoms with Gasteiger partial charge in [0.25, 0.3) is 5.91 Å². The van der Waals surface area contributed by atoms with Gasteiger partial charge in [0.05, 0.1) is 4.90 Å². The van der Waals surface area contributed by atoms with E-state index in [1.807, 2.05) is 61.2 Å². The smallest absolute Gasteiger partial charge is 0.266 e. The van der Waals surface area contributed by atoms with Crippen LogP contribution in [0, 0.1) is 13.8 Å². The van der Waals surface area contributed by atoms with E-state index in [9.17, 15) is 13.2 Å². The van der Waals surface area contributed by atoms with E-state index in [0.29, 0.717) is 36.8 Å². The number of nitrogens with zero attached hydrogens (tertiary/aromatic N) is 2. The molecule has 8 heteroatoms. The summed E-state index contributed by atoms with van der Waals surface area (Å²) in [5.74, 6) is 0.636. The molecule has 41 heavy (non-hydrogen) atoms. The first kappa shape index (κ1) is 29.3. The Kier molecular flexibility index (Phi) is 8.55.